The number of likely N-dealkylation sites (tertiary alicyclic amines) is 1. The molecule has 1 saturated heterocycles. The fourth-order valence-corrected chi connectivity index (χ4v) is 1.09. The Labute approximate surface area is 78.1 Å². The standard InChI is InChI=1S/C8H10FNO.CH5N/c1-2-3-8(11)10-5-4-7(9)6-10;1-2/h7H,4-6H2,1H3;2H2,1H3. The first-order valence-corrected chi connectivity index (χ1v) is 4.17. The summed E-state index contributed by atoms with van der Waals surface area (Å²) in [5.41, 5.74) is 4.50. The average Bonchev–Trinajstić information content (AvgIpc) is 2.56. The third-order valence-corrected chi connectivity index (χ3v) is 1.65. The van der Waals surface area contributed by atoms with E-state index in [4.69, 9.17) is 0 Å². The summed E-state index contributed by atoms with van der Waals surface area (Å²) < 4.78 is 12.5. The van der Waals surface area contributed by atoms with Crippen molar-refractivity contribution in [1.82, 2.24) is 4.90 Å². The number of hydrogen-bond acceptors (Lipinski definition) is 2. The monoisotopic (exact) mass is 186 g/mol. The van der Waals surface area contributed by atoms with Crippen molar-refractivity contribution in [2.75, 3.05) is 20.1 Å². The molecule has 2 N–H and O–H groups in total. The molecular weight excluding hydrogens is 171 g/mol. The molecule has 0 saturated carbocycles. The molecule has 1 aliphatic heterocycles. The van der Waals surface area contributed by atoms with Crippen molar-refractivity contribution in [2.45, 2.75) is 19.5 Å². The van der Waals surface area contributed by atoms with Gasteiger partial charge in [0.25, 0.3) is 5.91 Å². The number of nitrogens with zero attached hydrogens (tertiary/aromatic N) is 1. The van der Waals surface area contributed by atoms with Gasteiger partial charge in [0.05, 0.1) is 6.54 Å². The Bertz CT molecular complexity index is 219. The van der Waals surface area contributed by atoms with Gasteiger partial charge in [0.15, 0.2) is 0 Å². The molecule has 1 heterocycles. The van der Waals surface area contributed by atoms with E-state index >= 15 is 0 Å². The van der Waals surface area contributed by atoms with Gasteiger partial charge in [-0.05, 0) is 26.3 Å². The SMILES string of the molecule is CC#CC(=O)N1CCC(F)C1.CN. The van der Waals surface area contributed by atoms with E-state index in [1.807, 2.05) is 0 Å². The first-order valence-electron chi connectivity index (χ1n) is 4.17. The molecule has 0 aromatic rings. The zero-order valence-corrected chi connectivity index (χ0v) is 8.01. The Kier molecular flexibility index (Phi) is 5.90. The number of amides is 1. The normalized spacial score (nSPS) is 19.7. The van der Waals surface area contributed by atoms with Crippen LogP contribution < -0.4 is 5.73 Å². The fourth-order valence-electron chi connectivity index (χ4n) is 1.09. The summed E-state index contributed by atoms with van der Waals surface area (Å²) in [6.07, 6.45) is -0.394. The van der Waals surface area contributed by atoms with Gasteiger partial charge in [-0.2, -0.15) is 0 Å². The third kappa shape index (κ3) is 3.90. The van der Waals surface area contributed by atoms with Crippen LogP contribution in [0.1, 0.15) is 13.3 Å². The lowest BCUT2D eigenvalue weighted by molar-refractivity contribution is -0.124. The maximum atomic E-state index is 12.5. The summed E-state index contributed by atoms with van der Waals surface area (Å²) in [7, 11) is 1.50. The van der Waals surface area contributed by atoms with E-state index in [2.05, 4.69) is 17.6 Å². The molecule has 0 bridgehead atoms. The highest BCUT2D eigenvalue weighted by atomic mass is 19.1. The summed E-state index contributed by atoms with van der Waals surface area (Å²) in [6, 6.07) is 0. The Morgan fingerprint density at radius 2 is 2.23 bits per heavy atom. The van der Waals surface area contributed by atoms with Gasteiger partial charge in [-0.25, -0.2) is 4.39 Å². The van der Waals surface area contributed by atoms with Gasteiger partial charge < -0.3 is 10.6 Å². The molecule has 1 fully saturated rings. The van der Waals surface area contributed by atoms with Crippen molar-refractivity contribution in [2.24, 2.45) is 5.73 Å². The number of alkyl halides is 1. The Morgan fingerprint density at radius 1 is 1.62 bits per heavy atom. The van der Waals surface area contributed by atoms with E-state index in [0.29, 0.717) is 13.0 Å². The van der Waals surface area contributed by atoms with E-state index in [-0.39, 0.29) is 12.5 Å². The Morgan fingerprint density at radius 3 is 2.62 bits per heavy atom. The topological polar surface area (TPSA) is 46.3 Å². The second kappa shape index (κ2) is 6.44. The molecule has 3 nitrogen and oxygen atoms in total. The molecule has 0 aliphatic carbocycles. The van der Waals surface area contributed by atoms with Gasteiger partial charge >= 0.3 is 0 Å². The fraction of sp³-hybridized carbons (Fsp3) is 0.667. The first kappa shape index (κ1) is 11.9. The van der Waals surface area contributed by atoms with E-state index in [1.54, 1.807) is 6.92 Å². The highest BCUT2D eigenvalue weighted by Gasteiger charge is 2.24. The van der Waals surface area contributed by atoms with Crippen LogP contribution in [0.4, 0.5) is 4.39 Å². The predicted octanol–water partition coefficient (Wildman–Crippen LogP) is 0.155. The molecule has 0 spiro atoms. The lowest BCUT2D eigenvalue weighted by Crippen LogP contribution is -2.27. The summed E-state index contributed by atoms with van der Waals surface area (Å²) in [5, 5.41) is 0. The molecule has 1 amide bonds. The maximum absolute atomic E-state index is 12.5. The number of nitrogens with two attached hydrogens (primary N) is 1. The number of rotatable bonds is 0. The maximum Gasteiger partial charge on any atom is 0.298 e. The second-order valence-electron chi connectivity index (χ2n) is 2.51. The molecule has 13 heavy (non-hydrogen) atoms. The smallest absolute Gasteiger partial charge is 0.298 e. The summed E-state index contributed by atoms with van der Waals surface area (Å²) >= 11 is 0. The van der Waals surface area contributed by atoms with Crippen molar-refractivity contribution in [3.8, 4) is 11.8 Å². The van der Waals surface area contributed by atoms with Gasteiger partial charge in [0.1, 0.15) is 6.17 Å². The first-order chi connectivity index (χ1) is 6.24. The lowest BCUT2D eigenvalue weighted by atomic mass is 10.3. The van der Waals surface area contributed by atoms with Crippen LogP contribution in [0, 0.1) is 11.8 Å². The van der Waals surface area contributed by atoms with Crippen molar-refractivity contribution in [1.29, 1.82) is 0 Å². The van der Waals surface area contributed by atoms with Gasteiger partial charge in [0.2, 0.25) is 0 Å². The van der Waals surface area contributed by atoms with Gasteiger partial charge in [-0.1, -0.05) is 5.92 Å². The zero-order chi connectivity index (χ0) is 10.3. The van der Waals surface area contributed by atoms with Crippen LogP contribution in [-0.2, 0) is 4.79 Å². The molecule has 74 valence electrons. The van der Waals surface area contributed by atoms with Crippen LogP contribution >= 0.6 is 0 Å². The van der Waals surface area contributed by atoms with Crippen LogP contribution in [0.5, 0.6) is 0 Å². The number of hydrogen-bond donors (Lipinski definition) is 1. The predicted molar refractivity (Wildman–Crippen MR) is 49.7 cm³/mol. The molecule has 1 atom stereocenters. The summed E-state index contributed by atoms with van der Waals surface area (Å²) in [4.78, 5) is 12.4. The second-order valence-corrected chi connectivity index (χ2v) is 2.51. The molecule has 0 aromatic heterocycles. The minimum Gasteiger partial charge on any atom is -0.333 e. The van der Waals surface area contributed by atoms with E-state index in [0.717, 1.165) is 0 Å². The van der Waals surface area contributed by atoms with E-state index < -0.39 is 6.17 Å². The van der Waals surface area contributed by atoms with Crippen molar-refractivity contribution in [3.05, 3.63) is 0 Å². The molecule has 4 heteroatoms. The van der Waals surface area contributed by atoms with Crippen LogP contribution in [-0.4, -0.2) is 37.1 Å². The molecular formula is C9H15FN2O. The van der Waals surface area contributed by atoms with Crippen LogP contribution in [0.15, 0.2) is 0 Å². The van der Waals surface area contributed by atoms with E-state index in [1.165, 1.54) is 11.9 Å². The largest absolute Gasteiger partial charge is 0.333 e. The van der Waals surface area contributed by atoms with Crippen molar-refractivity contribution >= 4 is 5.91 Å². The van der Waals surface area contributed by atoms with Gasteiger partial charge in [-0.15, -0.1) is 0 Å². The molecule has 0 aromatic carbocycles. The van der Waals surface area contributed by atoms with Gasteiger partial charge in [0, 0.05) is 6.54 Å². The van der Waals surface area contributed by atoms with Crippen molar-refractivity contribution < 1.29 is 9.18 Å². The molecule has 1 aliphatic rings. The van der Waals surface area contributed by atoms with Gasteiger partial charge in [-0.3, -0.25) is 4.79 Å². The summed E-state index contributed by atoms with van der Waals surface area (Å²) in [6.45, 7) is 2.32. The minimum absolute atomic E-state index is 0.216. The zero-order valence-electron chi connectivity index (χ0n) is 8.01. The Balaban J connectivity index is 0.000000671. The number of carbonyl (C=O) groups excluding carboxylic acids is 1. The molecule has 1 rings (SSSR count). The van der Waals surface area contributed by atoms with Crippen LogP contribution in [0.25, 0.3) is 0 Å². The number of halogens is 1. The highest BCUT2D eigenvalue weighted by molar-refractivity contribution is 5.93. The van der Waals surface area contributed by atoms with Crippen LogP contribution in [0.2, 0.25) is 0 Å². The van der Waals surface area contributed by atoms with Crippen molar-refractivity contribution in [3.63, 3.8) is 0 Å². The average molecular weight is 186 g/mol. The number of carbonyl (C=O) groups is 1. The highest BCUT2D eigenvalue weighted by Crippen LogP contribution is 2.11. The van der Waals surface area contributed by atoms with Crippen LogP contribution in [0.3, 0.4) is 0 Å². The molecule has 0 radical (unpaired) electrons. The van der Waals surface area contributed by atoms with E-state index in [9.17, 15) is 9.18 Å². The Hall–Kier alpha value is -1.08. The summed E-state index contributed by atoms with van der Waals surface area (Å²) in [5.74, 6) is 4.62. The minimum atomic E-state index is -0.849. The lowest BCUT2D eigenvalue weighted by Gasteiger charge is -2.09. The third-order valence-electron chi connectivity index (χ3n) is 1.65. The quantitative estimate of drug-likeness (QED) is 0.547. The molecule has 1 unspecified atom stereocenters.